The molecule has 0 saturated heterocycles. The molecule has 29 heavy (non-hydrogen) atoms. The fourth-order valence-electron chi connectivity index (χ4n) is 2.67. The third-order valence-electron chi connectivity index (χ3n) is 4.04. The lowest BCUT2D eigenvalue weighted by Crippen LogP contribution is -2.03. The number of aromatic nitrogens is 1. The third kappa shape index (κ3) is 4.17. The first-order valence-corrected chi connectivity index (χ1v) is 9.43. The molecule has 0 bridgehead atoms. The second-order valence-corrected chi connectivity index (χ2v) is 7.27. The molecule has 2 N–H and O–H groups in total. The summed E-state index contributed by atoms with van der Waals surface area (Å²) in [6.45, 7) is 0. The number of hydrogen-bond acceptors (Lipinski definition) is 7. The van der Waals surface area contributed by atoms with Crippen LogP contribution in [0.2, 0.25) is 5.02 Å². The largest absolute Gasteiger partial charge is 0.465 e. The van der Waals surface area contributed by atoms with E-state index in [2.05, 4.69) is 15.8 Å². The molecule has 0 aliphatic heterocycles. The van der Waals surface area contributed by atoms with Crippen LogP contribution >= 0.6 is 23.4 Å². The summed E-state index contributed by atoms with van der Waals surface area (Å²) < 4.78 is 4.69. The number of halogens is 1. The van der Waals surface area contributed by atoms with Gasteiger partial charge in [0.25, 0.3) is 0 Å². The van der Waals surface area contributed by atoms with E-state index in [4.69, 9.17) is 17.3 Å². The summed E-state index contributed by atoms with van der Waals surface area (Å²) in [4.78, 5) is 16.6. The second kappa shape index (κ2) is 8.66. The van der Waals surface area contributed by atoms with Crippen LogP contribution in [0.3, 0.4) is 0 Å². The van der Waals surface area contributed by atoms with Gasteiger partial charge < -0.3 is 10.5 Å². The molecule has 0 radical (unpaired) electrons. The molecule has 0 aliphatic carbocycles. The van der Waals surface area contributed by atoms with Crippen LogP contribution in [0.25, 0.3) is 11.1 Å². The fourth-order valence-corrected chi connectivity index (χ4v) is 3.68. The molecule has 142 valence electrons. The first-order valence-electron chi connectivity index (χ1n) is 8.24. The molecule has 0 amide bonds. The summed E-state index contributed by atoms with van der Waals surface area (Å²) in [5, 5.41) is 20.3. The average Bonchev–Trinajstić information content (AvgIpc) is 2.74. The SMILES string of the molecule is COC(=O)c1ccc(Sc2nc(N)c(C#N)c(-c3ccc(Cl)cc3)c2C#N)cc1. The first kappa shape index (κ1) is 20.2. The molecule has 2 aromatic carbocycles. The highest BCUT2D eigenvalue weighted by Gasteiger charge is 2.21. The Morgan fingerprint density at radius 3 is 2.24 bits per heavy atom. The van der Waals surface area contributed by atoms with Crippen LogP contribution in [0.15, 0.2) is 58.5 Å². The minimum absolute atomic E-state index is 0.0325. The Morgan fingerprint density at radius 2 is 1.69 bits per heavy atom. The summed E-state index contributed by atoms with van der Waals surface area (Å²) in [5.74, 6) is -0.407. The standard InChI is InChI=1S/C21H13ClN4O2S/c1-28-21(27)13-4-8-15(9-5-13)29-20-17(11-24)18(16(10-23)19(25)26-20)12-2-6-14(22)7-3-12/h2-9H,1H3,(H2,25,26). The summed E-state index contributed by atoms with van der Waals surface area (Å²) in [6, 6.07) is 17.6. The molecular formula is C21H13ClN4O2S. The molecule has 3 rings (SSSR count). The molecule has 0 atom stereocenters. The van der Waals surface area contributed by atoms with E-state index in [-0.39, 0.29) is 16.9 Å². The van der Waals surface area contributed by atoms with Crippen molar-refractivity contribution in [2.75, 3.05) is 12.8 Å². The monoisotopic (exact) mass is 420 g/mol. The predicted octanol–water partition coefficient (Wildman–Crippen LogP) is 4.67. The van der Waals surface area contributed by atoms with Gasteiger partial charge in [0.1, 0.15) is 28.5 Å². The van der Waals surface area contributed by atoms with E-state index in [0.29, 0.717) is 26.7 Å². The second-order valence-electron chi connectivity index (χ2n) is 5.78. The van der Waals surface area contributed by atoms with Crippen molar-refractivity contribution in [3.05, 3.63) is 70.2 Å². The number of nitriles is 2. The maximum Gasteiger partial charge on any atom is 0.337 e. The first-order chi connectivity index (χ1) is 14.0. The molecule has 6 nitrogen and oxygen atoms in total. The number of benzene rings is 2. The van der Waals surface area contributed by atoms with Crippen LogP contribution < -0.4 is 5.73 Å². The van der Waals surface area contributed by atoms with E-state index in [1.54, 1.807) is 48.5 Å². The zero-order valence-electron chi connectivity index (χ0n) is 15.1. The van der Waals surface area contributed by atoms with E-state index < -0.39 is 5.97 Å². The molecular weight excluding hydrogens is 408 g/mol. The van der Waals surface area contributed by atoms with Gasteiger partial charge in [-0.3, -0.25) is 0 Å². The van der Waals surface area contributed by atoms with Gasteiger partial charge in [0.15, 0.2) is 0 Å². The number of hydrogen-bond donors (Lipinski definition) is 1. The number of anilines is 1. The van der Waals surface area contributed by atoms with E-state index in [0.717, 1.165) is 4.90 Å². The Hall–Kier alpha value is -3.52. The number of methoxy groups -OCH3 is 1. The Morgan fingerprint density at radius 1 is 1.07 bits per heavy atom. The van der Waals surface area contributed by atoms with E-state index in [9.17, 15) is 15.3 Å². The topological polar surface area (TPSA) is 113 Å². The summed E-state index contributed by atoms with van der Waals surface area (Å²) in [7, 11) is 1.31. The van der Waals surface area contributed by atoms with Gasteiger partial charge in [-0.1, -0.05) is 35.5 Å². The van der Waals surface area contributed by atoms with Gasteiger partial charge in [-0.25, -0.2) is 9.78 Å². The number of nitrogen functional groups attached to an aromatic ring is 1. The van der Waals surface area contributed by atoms with E-state index in [1.807, 2.05) is 6.07 Å². The zero-order chi connectivity index (χ0) is 21.0. The van der Waals surface area contributed by atoms with Gasteiger partial charge in [-0.05, 0) is 42.0 Å². The van der Waals surface area contributed by atoms with Gasteiger partial charge >= 0.3 is 5.97 Å². The lowest BCUT2D eigenvalue weighted by Gasteiger charge is -2.13. The zero-order valence-corrected chi connectivity index (χ0v) is 16.7. The Bertz CT molecular complexity index is 1160. The van der Waals surface area contributed by atoms with E-state index in [1.165, 1.54) is 18.9 Å². The maximum atomic E-state index is 11.6. The Labute approximate surface area is 176 Å². The molecule has 1 heterocycles. The number of ether oxygens (including phenoxy) is 1. The minimum Gasteiger partial charge on any atom is -0.465 e. The summed E-state index contributed by atoms with van der Waals surface area (Å²) in [6.07, 6.45) is 0. The molecule has 3 aromatic rings. The fraction of sp³-hybridized carbons (Fsp3) is 0.0476. The molecule has 0 fully saturated rings. The van der Waals surface area contributed by atoms with Crippen LogP contribution in [-0.4, -0.2) is 18.1 Å². The van der Waals surface area contributed by atoms with Gasteiger partial charge in [0.05, 0.1) is 18.2 Å². The summed E-state index contributed by atoms with van der Waals surface area (Å²) in [5.41, 5.74) is 7.84. The normalized spacial score (nSPS) is 10.1. The van der Waals surface area contributed by atoms with Crippen molar-refractivity contribution < 1.29 is 9.53 Å². The highest BCUT2D eigenvalue weighted by molar-refractivity contribution is 7.99. The Balaban J connectivity index is 2.11. The molecule has 0 aliphatic rings. The molecule has 8 heteroatoms. The van der Waals surface area contributed by atoms with Crippen molar-refractivity contribution >= 4 is 35.1 Å². The number of carbonyl (C=O) groups is 1. The quantitative estimate of drug-likeness (QED) is 0.610. The molecule has 1 aromatic heterocycles. The summed E-state index contributed by atoms with van der Waals surface area (Å²) >= 11 is 7.17. The van der Waals surface area contributed by atoms with Crippen molar-refractivity contribution in [2.45, 2.75) is 9.92 Å². The molecule has 0 spiro atoms. The van der Waals surface area contributed by atoms with Crippen molar-refractivity contribution in [1.82, 2.24) is 4.98 Å². The van der Waals surface area contributed by atoms with Crippen molar-refractivity contribution in [1.29, 1.82) is 10.5 Å². The number of rotatable bonds is 4. The van der Waals surface area contributed by atoms with Crippen molar-refractivity contribution in [3.8, 4) is 23.3 Å². The van der Waals surface area contributed by atoms with Gasteiger partial charge in [-0.15, -0.1) is 0 Å². The van der Waals surface area contributed by atoms with Crippen LogP contribution in [0.4, 0.5) is 5.82 Å². The number of nitrogens with two attached hydrogens (primary N) is 1. The molecule has 0 unspecified atom stereocenters. The number of esters is 1. The average molecular weight is 421 g/mol. The highest BCUT2D eigenvalue weighted by Crippen LogP contribution is 2.38. The smallest absolute Gasteiger partial charge is 0.337 e. The maximum absolute atomic E-state index is 11.6. The minimum atomic E-state index is -0.440. The number of pyridine rings is 1. The van der Waals surface area contributed by atoms with Gasteiger partial charge in [0, 0.05) is 15.5 Å². The van der Waals surface area contributed by atoms with Gasteiger partial charge in [-0.2, -0.15) is 10.5 Å². The number of carbonyl (C=O) groups excluding carboxylic acids is 1. The third-order valence-corrected chi connectivity index (χ3v) is 5.29. The lowest BCUT2D eigenvalue weighted by atomic mass is 9.97. The van der Waals surface area contributed by atoms with Crippen molar-refractivity contribution in [2.24, 2.45) is 0 Å². The lowest BCUT2D eigenvalue weighted by molar-refractivity contribution is 0.0600. The van der Waals surface area contributed by atoms with Crippen molar-refractivity contribution in [3.63, 3.8) is 0 Å². The van der Waals surface area contributed by atoms with Gasteiger partial charge in [0.2, 0.25) is 0 Å². The van der Waals surface area contributed by atoms with Crippen LogP contribution in [0.5, 0.6) is 0 Å². The number of nitrogens with zero attached hydrogens (tertiary/aromatic N) is 3. The molecule has 0 saturated carbocycles. The Kier molecular flexibility index (Phi) is 6.04. The van der Waals surface area contributed by atoms with E-state index >= 15 is 0 Å². The van der Waals surface area contributed by atoms with Crippen LogP contribution in [0, 0.1) is 22.7 Å². The van der Waals surface area contributed by atoms with Crippen LogP contribution in [0.1, 0.15) is 21.5 Å². The predicted molar refractivity (Wildman–Crippen MR) is 110 cm³/mol. The highest BCUT2D eigenvalue weighted by atomic mass is 35.5. The van der Waals surface area contributed by atoms with Crippen LogP contribution in [-0.2, 0) is 4.74 Å².